The second kappa shape index (κ2) is 5.91. The molecule has 23 heavy (non-hydrogen) atoms. The van der Waals surface area contributed by atoms with Crippen molar-refractivity contribution in [3.05, 3.63) is 47.0 Å². The molecule has 0 saturated carbocycles. The largest absolute Gasteiger partial charge is 0.507 e. The quantitative estimate of drug-likeness (QED) is 0.891. The summed E-state index contributed by atoms with van der Waals surface area (Å²) >= 11 is 0. The normalized spacial score (nSPS) is 12.5. The molecule has 0 atom stereocenters. The molecule has 1 heterocycles. The van der Waals surface area contributed by atoms with Crippen molar-refractivity contribution in [3.8, 4) is 5.75 Å². The number of hydrogen-bond donors (Lipinski definition) is 2. The molecule has 0 aliphatic carbocycles. The van der Waals surface area contributed by atoms with Gasteiger partial charge >= 0.3 is 0 Å². The Morgan fingerprint density at radius 1 is 1.04 bits per heavy atom. The molecule has 1 aromatic heterocycles. The zero-order valence-electron chi connectivity index (χ0n) is 15.4. The van der Waals surface area contributed by atoms with E-state index >= 15 is 0 Å². The van der Waals surface area contributed by atoms with Crippen LogP contribution < -0.4 is 5.43 Å². The fourth-order valence-corrected chi connectivity index (χ4v) is 2.63. The highest BCUT2D eigenvalue weighted by Crippen LogP contribution is 2.39. The number of hydrogen-bond acceptors (Lipinski definition) is 3. The lowest BCUT2D eigenvalue weighted by Gasteiger charge is -2.28. The highest BCUT2D eigenvalue weighted by Gasteiger charge is 2.26. The Morgan fingerprint density at radius 2 is 1.57 bits per heavy atom. The van der Waals surface area contributed by atoms with Gasteiger partial charge in [0.05, 0.1) is 12.2 Å². The molecule has 4 nitrogen and oxygen atoms in total. The van der Waals surface area contributed by atoms with E-state index in [9.17, 15) is 5.11 Å². The lowest BCUT2D eigenvalue weighted by atomic mass is 9.78. The summed E-state index contributed by atoms with van der Waals surface area (Å²) in [7, 11) is 0. The second-order valence-electron chi connectivity index (χ2n) is 8.30. The van der Waals surface area contributed by atoms with Gasteiger partial charge in [-0.15, -0.1) is 0 Å². The number of phenolic OH excluding ortho intramolecular Hbond substituents is 1. The average Bonchev–Trinajstić information content (AvgIpc) is 2.80. The molecule has 0 unspecified atom stereocenters. The molecular weight excluding hydrogens is 286 g/mol. The van der Waals surface area contributed by atoms with Gasteiger partial charge in [-0.1, -0.05) is 41.5 Å². The molecule has 1 aromatic carbocycles. The van der Waals surface area contributed by atoms with Crippen molar-refractivity contribution >= 4 is 0 Å². The van der Waals surface area contributed by atoms with Gasteiger partial charge in [0.1, 0.15) is 12.1 Å². The fourth-order valence-electron chi connectivity index (χ4n) is 2.63. The van der Waals surface area contributed by atoms with Gasteiger partial charge in [-0.05, 0) is 46.6 Å². The lowest BCUT2D eigenvalue weighted by molar-refractivity contribution is 0.422. The monoisotopic (exact) mass is 315 g/mol. The lowest BCUT2D eigenvalue weighted by Crippen LogP contribution is -2.19. The van der Waals surface area contributed by atoms with Crippen LogP contribution in [0.15, 0.2) is 24.7 Å². The van der Waals surface area contributed by atoms with Crippen LogP contribution in [-0.4, -0.2) is 14.8 Å². The van der Waals surface area contributed by atoms with Crippen molar-refractivity contribution in [1.29, 1.82) is 0 Å². The highest BCUT2D eigenvalue weighted by atomic mass is 16.3. The van der Waals surface area contributed by atoms with Gasteiger partial charge in [-0.25, -0.2) is 4.98 Å². The van der Waals surface area contributed by atoms with Crippen LogP contribution >= 0.6 is 0 Å². The second-order valence-corrected chi connectivity index (χ2v) is 8.30. The molecule has 0 radical (unpaired) electrons. The SMILES string of the molecule is Cc1cn(NCc2cc(C(C)(C)C)c(O)c(C(C)(C)C)c2)cn1. The Morgan fingerprint density at radius 3 is 1.96 bits per heavy atom. The maximum atomic E-state index is 10.7. The summed E-state index contributed by atoms with van der Waals surface area (Å²) in [6.45, 7) is 15.4. The number of nitrogens with zero attached hydrogens (tertiary/aromatic N) is 2. The summed E-state index contributed by atoms with van der Waals surface area (Å²) in [5.74, 6) is 0.423. The van der Waals surface area contributed by atoms with Crippen LogP contribution in [0.2, 0.25) is 0 Å². The van der Waals surface area contributed by atoms with Crippen molar-refractivity contribution in [3.63, 3.8) is 0 Å². The molecule has 0 spiro atoms. The van der Waals surface area contributed by atoms with Crippen LogP contribution in [0.4, 0.5) is 0 Å². The molecule has 2 rings (SSSR count). The van der Waals surface area contributed by atoms with Crippen LogP contribution in [-0.2, 0) is 17.4 Å². The Hall–Kier alpha value is -1.97. The minimum atomic E-state index is -0.105. The van der Waals surface area contributed by atoms with E-state index in [2.05, 4.69) is 64.1 Å². The van der Waals surface area contributed by atoms with E-state index in [1.165, 1.54) is 0 Å². The maximum absolute atomic E-state index is 10.7. The van der Waals surface area contributed by atoms with Gasteiger partial charge in [0, 0.05) is 6.20 Å². The van der Waals surface area contributed by atoms with Crippen LogP contribution in [0.3, 0.4) is 0 Å². The van der Waals surface area contributed by atoms with Crippen molar-refractivity contribution in [2.45, 2.75) is 65.8 Å². The first kappa shape index (κ1) is 17.4. The Kier molecular flexibility index (Phi) is 4.47. The van der Waals surface area contributed by atoms with Gasteiger partial charge in [0.2, 0.25) is 0 Å². The van der Waals surface area contributed by atoms with Crippen LogP contribution in [0, 0.1) is 6.92 Å². The zero-order valence-corrected chi connectivity index (χ0v) is 15.4. The van der Waals surface area contributed by atoms with Gasteiger partial charge in [0.25, 0.3) is 0 Å². The molecule has 0 saturated heterocycles. The van der Waals surface area contributed by atoms with E-state index in [1.54, 1.807) is 6.33 Å². The van der Waals surface area contributed by atoms with Crippen molar-refractivity contribution in [1.82, 2.24) is 9.66 Å². The molecule has 0 fully saturated rings. The third kappa shape index (κ3) is 4.06. The van der Waals surface area contributed by atoms with E-state index in [1.807, 2.05) is 17.8 Å². The first-order valence-corrected chi connectivity index (χ1v) is 8.10. The molecule has 4 heteroatoms. The number of aryl methyl sites for hydroxylation is 1. The standard InChI is InChI=1S/C19H29N3O/c1-13-11-22(12-20-13)21-10-14-8-15(18(2,3)4)17(23)16(9-14)19(5,6)7/h8-9,11-12,21,23H,10H2,1-7H3. The van der Waals surface area contributed by atoms with Crippen LogP contribution in [0.1, 0.15) is 63.9 Å². The molecule has 0 aliphatic rings. The summed E-state index contributed by atoms with van der Waals surface area (Å²) in [6, 6.07) is 4.20. The minimum Gasteiger partial charge on any atom is -0.507 e. The molecule has 0 aliphatic heterocycles. The molecule has 0 bridgehead atoms. The van der Waals surface area contributed by atoms with E-state index in [4.69, 9.17) is 0 Å². The number of aromatic hydroxyl groups is 1. The predicted molar refractivity (Wildman–Crippen MR) is 95.5 cm³/mol. The molecule has 2 aromatic rings. The highest BCUT2D eigenvalue weighted by molar-refractivity contribution is 5.50. The van der Waals surface area contributed by atoms with E-state index < -0.39 is 0 Å². The topological polar surface area (TPSA) is 50.1 Å². The number of imidazole rings is 1. The summed E-state index contributed by atoms with van der Waals surface area (Å²) in [6.07, 6.45) is 3.72. The Labute approximate surface area is 139 Å². The van der Waals surface area contributed by atoms with Gasteiger partial charge in [-0.3, -0.25) is 4.68 Å². The Bertz CT molecular complexity index is 652. The summed E-state index contributed by atoms with van der Waals surface area (Å²) < 4.78 is 1.87. The average molecular weight is 315 g/mol. The molecular formula is C19H29N3O. The van der Waals surface area contributed by atoms with E-state index in [-0.39, 0.29) is 10.8 Å². The summed E-state index contributed by atoms with van der Waals surface area (Å²) in [5, 5.41) is 10.7. The van der Waals surface area contributed by atoms with Crippen molar-refractivity contribution < 1.29 is 5.11 Å². The van der Waals surface area contributed by atoms with Gasteiger partial charge in [0.15, 0.2) is 0 Å². The van der Waals surface area contributed by atoms with Crippen LogP contribution in [0.25, 0.3) is 0 Å². The van der Waals surface area contributed by atoms with Crippen LogP contribution in [0.5, 0.6) is 5.75 Å². The fraction of sp³-hybridized carbons (Fsp3) is 0.526. The Balaban J connectivity index is 2.39. The maximum Gasteiger partial charge on any atom is 0.123 e. The van der Waals surface area contributed by atoms with E-state index in [0.717, 1.165) is 22.4 Å². The summed E-state index contributed by atoms with van der Waals surface area (Å²) in [4.78, 5) is 4.22. The number of nitrogens with one attached hydrogen (secondary N) is 1. The van der Waals surface area contributed by atoms with Gasteiger partial charge < -0.3 is 10.5 Å². The number of aromatic nitrogens is 2. The zero-order chi connectivity index (χ0) is 17.4. The van der Waals surface area contributed by atoms with Gasteiger partial charge in [-0.2, -0.15) is 0 Å². The summed E-state index contributed by atoms with van der Waals surface area (Å²) in [5.41, 5.74) is 7.24. The predicted octanol–water partition coefficient (Wildman–Crippen LogP) is 4.24. The minimum absolute atomic E-state index is 0.105. The first-order valence-electron chi connectivity index (χ1n) is 8.10. The molecule has 126 valence electrons. The number of benzene rings is 1. The molecule has 2 N–H and O–H groups in total. The molecule has 0 amide bonds. The van der Waals surface area contributed by atoms with Crippen molar-refractivity contribution in [2.75, 3.05) is 5.43 Å². The van der Waals surface area contributed by atoms with E-state index in [0.29, 0.717) is 12.3 Å². The third-order valence-electron chi connectivity index (χ3n) is 3.96. The first-order chi connectivity index (χ1) is 10.5. The smallest absolute Gasteiger partial charge is 0.123 e. The number of rotatable bonds is 3. The third-order valence-corrected chi connectivity index (χ3v) is 3.96. The van der Waals surface area contributed by atoms with Crippen molar-refractivity contribution in [2.24, 2.45) is 0 Å². The number of phenols is 1.